The van der Waals surface area contributed by atoms with Crippen LogP contribution >= 0.6 is 11.3 Å². The van der Waals surface area contributed by atoms with Crippen molar-refractivity contribution in [3.8, 4) is 11.3 Å². The van der Waals surface area contributed by atoms with E-state index in [-0.39, 0.29) is 18.1 Å². The average Bonchev–Trinajstić information content (AvgIpc) is 3.17. The highest BCUT2D eigenvalue weighted by Gasteiger charge is 2.23. The minimum absolute atomic E-state index is 0.213. The third-order valence-electron chi connectivity index (χ3n) is 5.33. The van der Waals surface area contributed by atoms with E-state index in [1.54, 1.807) is 11.3 Å². The quantitative estimate of drug-likeness (QED) is 0.520. The molecule has 0 radical (unpaired) electrons. The number of aromatic nitrogens is 2. The van der Waals surface area contributed by atoms with Crippen LogP contribution in [0.5, 0.6) is 0 Å². The summed E-state index contributed by atoms with van der Waals surface area (Å²) in [6.07, 6.45) is 3.57. The average molecular weight is 465 g/mol. The number of hydrogen-bond acceptors (Lipinski definition) is 6. The van der Waals surface area contributed by atoms with Crippen molar-refractivity contribution in [2.75, 3.05) is 18.4 Å². The summed E-state index contributed by atoms with van der Waals surface area (Å²) in [5.74, 6) is 0.629. The van der Waals surface area contributed by atoms with E-state index in [4.69, 9.17) is 9.72 Å². The lowest BCUT2D eigenvalue weighted by Gasteiger charge is -2.35. The number of amides is 1. The Labute approximate surface area is 198 Å². The highest BCUT2D eigenvalue weighted by molar-refractivity contribution is 7.14. The molecule has 172 valence electrons. The van der Waals surface area contributed by atoms with Crippen LogP contribution < -0.4 is 10.6 Å². The molecule has 2 unspecified atom stereocenters. The zero-order valence-electron chi connectivity index (χ0n) is 19.2. The molecule has 4 rings (SSSR count). The number of nitrogens with two attached hydrogens (primary N) is 1. The Morgan fingerprint density at radius 1 is 1.30 bits per heavy atom. The third kappa shape index (κ3) is 6.33. The largest absolute Gasteiger partial charge is 0.373 e. The van der Waals surface area contributed by atoms with Gasteiger partial charge in [0.2, 0.25) is 11.7 Å². The van der Waals surface area contributed by atoms with Crippen LogP contribution in [0.3, 0.4) is 0 Å². The molecule has 3 N–H and O–H groups in total. The van der Waals surface area contributed by atoms with Crippen molar-refractivity contribution in [3.63, 3.8) is 0 Å². The van der Waals surface area contributed by atoms with Crippen LogP contribution in [0.15, 0.2) is 55.3 Å². The van der Waals surface area contributed by atoms with Crippen LogP contribution in [0, 0.1) is 6.92 Å². The van der Waals surface area contributed by atoms with Gasteiger partial charge < -0.3 is 10.1 Å². The van der Waals surface area contributed by atoms with Gasteiger partial charge in [-0.25, -0.2) is 5.32 Å². The lowest BCUT2D eigenvalue weighted by Crippen LogP contribution is -2.71. The number of morpholine rings is 1. The number of hydrogen-bond donors (Lipinski definition) is 2. The molecule has 1 aliphatic rings. The van der Waals surface area contributed by atoms with E-state index < -0.39 is 0 Å². The van der Waals surface area contributed by atoms with E-state index in [0.29, 0.717) is 5.69 Å². The first-order chi connectivity index (χ1) is 15.9. The maximum Gasteiger partial charge on any atom is 0.289 e. The third-order valence-corrected chi connectivity index (χ3v) is 6.19. The van der Waals surface area contributed by atoms with Crippen LogP contribution in [0.1, 0.15) is 24.3 Å². The standard InChI is InChI=1S/C25H29N5O2S/c1-5-24(31)27-21-8-6-7-20(11-21)22-9-19(15-30-13-16(2)32-17(3)14-30)10-23(28-22)29-25-26-12-18(4)33-25/h5-12,16-17H,1,13-15H2,2-4H3,(H,27,31)(H,26,28,29)/p+1. The molecule has 7 nitrogen and oxygen atoms in total. The second kappa shape index (κ2) is 10.4. The monoisotopic (exact) mass is 464 g/mol. The minimum atomic E-state index is -0.238. The number of aryl methyl sites for hydroxylation is 1. The molecule has 33 heavy (non-hydrogen) atoms. The highest BCUT2D eigenvalue weighted by atomic mass is 32.1. The van der Waals surface area contributed by atoms with Gasteiger partial charge in [-0.3, -0.25) is 9.69 Å². The Hall–Kier alpha value is -2.91. The van der Waals surface area contributed by atoms with E-state index in [0.717, 1.165) is 41.8 Å². The van der Waals surface area contributed by atoms with Crippen LogP contribution in [-0.2, 0) is 16.1 Å². The van der Waals surface area contributed by atoms with Gasteiger partial charge in [0.05, 0.1) is 17.9 Å². The molecule has 0 aliphatic carbocycles. The number of nitrogens with one attached hydrogen (secondary N) is 1. The fraction of sp³-hybridized carbons (Fsp3) is 0.320. The number of quaternary nitrogens is 1. The molecule has 0 bridgehead atoms. The second-order valence-electron chi connectivity index (χ2n) is 8.46. The van der Waals surface area contributed by atoms with Crippen LogP contribution in [0.25, 0.3) is 11.3 Å². The molecular formula is C25H30N5O2S+. The number of carbonyl (C=O) groups is 1. The van der Waals surface area contributed by atoms with Crippen molar-refractivity contribution in [2.45, 2.75) is 39.5 Å². The van der Waals surface area contributed by atoms with Crippen molar-refractivity contribution < 1.29 is 14.8 Å². The summed E-state index contributed by atoms with van der Waals surface area (Å²) in [4.78, 5) is 24.7. The zero-order valence-corrected chi connectivity index (χ0v) is 20.1. The molecule has 8 heteroatoms. The molecule has 2 aromatic heterocycles. The first kappa shape index (κ1) is 23.3. The number of carbonyl (C=O) groups excluding carboxylic acids is 1. The van der Waals surface area contributed by atoms with Crippen molar-refractivity contribution >= 4 is 33.9 Å². The number of nitrogens with zero attached hydrogens (tertiary/aromatic N) is 3. The fourth-order valence-corrected chi connectivity index (χ4v) is 4.83. The Morgan fingerprint density at radius 3 is 2.79 bits per heavy atom. The van der Waals surface area contributed by atoms with Crippen LogP contribution in [-0.4, -0.2) is 46.1 Å². The normalized spacial score (nSPS) is 18.8. The number of thiazole rings is 1. The predicted molar refractivity (Wildman–Crippen MR) is 132 cm³/mol. The summed E-state index contributed by atoms with van der Waals surface area (Å²) in [6, 6.07) is 12.0. The number of ether oxygens (including phenoxy) is 1. The molecule has 3 aromatic rings. The zero-order chi connectivity index (χ0) is 23.4. The molecule has 1 amide bonds. The van der Waals surface area contributed by atoms with Gasteiger partial charge in [0.1, 0.15) is 0 Å². The number of benzene rings is 1. The topological polar surface area (TPSA) is 84.0 Å². The van der Waals surface area contributed by atoms with E-state index in [9.17, 15) is 4.79 Å². The number of anilines is 1. The summed E-state index contributed by atoms with van der Waals surface area (Å²) in [7, 11) is 0. The van der Waals surface area contributed by atoms with Crippen molar-refractivity contribution in [1.29, 1.82) is 0 Å². The molecule has 3 heterocycles. The van der Waals surface area contributed by atoms with Gasteiger partial charge in [0.15, 0.2) is 0 Å². The minimum Gasteiger partial charge on any atom is -0.373 e. The van der Waals surface area contributed by atoms with Crippen molar-refractivity contribution in [3.05, 3.63) is 65.7 Å². The smallest absolute Gasteiger partial charge is 0.289 e. The molecule has 1 aliphatic heterocycles. The maximum absolute atomic E-state index is 11.7. The number of pyridine rings is 1. The maximum atomic E-state index is 11.7. The Balaban J connectivity index is 1.66. The lowest BCUT2D eigenvalue weighted by molar-refractivity contribution is -0.482. The predicted octanol–water partition coefficient (Wildman–Crippen LogP) is 3.77. The van der Waals surface area contributed by atoms with E-state index in [1.165, 1.54) is 16.5 Å². The van der Waals surface area contributed by atoms with Crippen LogP contribution in [0.4, 0.5) is 16.6 Å². The van der Waals surface area contributed by atoms with E-state index in [2.05, 4.69) is 47.8 Å². The number of rotatable bonds is 7. The lowest BCUT2D eigenvalue weighted by atomic mass is 10.1. The van der Waals surface area contributed by atoms with Gasteiger partial charge in [0, 0.05) is 48.0 Å². The summed E-state index contributed by atoms with van der Waals surface area (Å²) >= 11 is 1.65. The Bertz CT molecular complexity index is 1140. The van der Waals surface area contributed by atoms with Gasteiger partial charge in [-0.2, -0.15) is 9.97 Å². The second-order valence-corrected chi connectivity index (χ2v) is 9.73. The first-order valence-corrected chi connectivity index (χ1v) is 11.9. The summed E-state index contributed by atoms with van der Waals surface area (Å²) < 4.78 is 5.90. The van der Waals surface area contributed by atoms with Gasteiger partial charge in [-0.05, 0) is 50.6 Å². The first-order valence-electron chi connectivity index (χ1n) is 11.1. The molecule has 1 saturated heterocycles. The molecule has 0 saturated carbocycles. The van der Waals surface area contributed by atoms with Crippen molar-refractivity contribution in [2.24, 2.45) is 0 Å². The Morgan fingerprint density at radius 2 is 2.09 bits per heavy atom. The molecular weight excluding hydrogens is 434 g/mol. The van der Waals surface area contributed by atoms with Gasteiger partial charge in [-0.1, -0.05) is 30.0 Å². The molecule has 1 fully saturated rings. The molecule has 1 aromatic carbocycles. The highest BCUT2D eigenvalue weighted by Crippen LogP contribution is 2.25. The van der Waals surface area contributed by atoms with E-state index in [1.807, 2.05) is 42.7 Å². The SMILES string of the molecule is C=CC(=O)Nc1cccc(-c2cc(CN3CC(C)OC(C)C3)cc([NH2+]c3ncc(C)s3)n2)c1. The van der Waals surface area contributed by atoms with Crippen molar-refractivity contribution in [1.82, 2.24) is 14.9 Å². The summed E-state index contributed by atoms with van der Waals surface area (Å²) in [5, 5.41) is 5.79. The van der Waals surface area contributed by atoms with E-state index >= 15 is 0 Å². The fourth-order valence-electron chi connectivity index (χ4n) is 4.11. The summed E-state index contributed by atoms with van der Waals surface area (Å²) in [5.41, 5.74) is 3.69. The van der Waals surface area contributed by atoms with Gasteiger partial charge >= 0.3 is 0 Å². The van der Waals surface area contributed by atoms with Gasteiger partial charge in [0.25, 0.3) is 5.13 Å². The molecule has 0 spiro atoms. The van der Waals surface area contributed by atoms with Crippen LogP contribution in [0.2, 0.25) is 0 Å². The Kier molecular flexibility index (Phi) is 7.29. The molecule has 2 atom stereocenters. The van der Waals surface area contributed by atoms with Gasteiger partial charge in [-0.15, -0.1) is 0 Å². The summed E-state index contributed by atoms with van der Waals surface area (Å²) in [6.45, 7) is 12.4.